The monoisotopic (exact) mass is 376 g/mol. The van der Waals surface area contributed by atoms with Crippen molar-refractivity contribution < 1.29 is 14.3 Å². The molecular formula is C18H17FN2O2S2. The van der Waals surface area contributed by atoms with Gasteiger partial charge in [-0.05, 0) is 46.0 Å². The molecule has 4 nitrogen and oxygen atoms in total. The summed E-state index contributed by atoms with van der Waals surface area (Å²) >= 11 is 2.93. The van der Waals surface area contributed by atoms with Crippen LogP contribution in [0.4, 0.5) is 9.18 Å². The van der Waals surface area contributed by atoms with Crippen molar-refractivity contribution in [2.75, 3.05) is 6.54 Å². The Labute approximate surface area is 153 Å². The average molecular weight is 376 g/mol. The van der Waals surface area contributed by atoms with Crippen molar-refractivity contribution in [3.05, 3.63) is 80.4 Å². The van der Waals surface area contributed by atoms with Crippen molar-refractivity contribution in [2.24, 2.45) is 0 Å². The van der Waals surface area contributed by atoms with Crippen molar-refractivity contribution in [2.45, 2.75) is 12.1 Å². The predicted molar refractivity (Wildman–Crippen MR) is 98.3 cm³/mol. The molecule has 1 atom stereocenters. The van der Waals surface area contributed by atoms with Gasteiger partial charge in [-0.25, -0.2) is 9.18 Å². The molecule has 0 spiro atoms. The topological polar surface area (TPSA) is 61.4 Å². The van der Waals surface area contributed by atoms with Crippen LogP contribution in [0.15, 0.2) is 58.6 Å². The largest absolute Gasteiger partial charge is 0.378 e. The molecule has 0 aliphatic carbocycles. The molecule has 130 valence electrons. The number of hydrogen-bond donors (Lipinski definition) is 3. The van der Waals surface area contributed by atoms with E-state index in [-0.39, 0.29) is 18.9 Å². The van der Waals surface area contributed by atoms with E-state index >= 15 is 0 Å². The average Bonchev–Trinajstić information content (AvgIpc) is 3.33. The van der Waals surface area contributed by atoms with Crippen molar-refractivity contribution in [3.8, 4) is 0 Å². The molecule has 2 amide bonds. The van der Waals surface area contributed by atoms with E-state index in [1.54, 1.807) is 12.1 Å². The fraction of sp³-hybridized carbons (Fsp3) is 0.167. The molecule has 0 saturated heterocycles. The van der Waals surface area contributed by atoms with Crippen molar-refractivity contribution in [1.82, 2.24) is 10.6 Å². The molecule has 3 rings (SSSR count). The third-order valence-electron chi connectivity index (χ3n) is 3.80. The standard InChI is InChI=1S/C18H17FN2O2S2/c19-15-5-3-13(4-6-15)10-20-17(22)21-12-18(23,14-7-9-24-11-14)16-2-1-8-25-16/h1-9,11,23H,10,12H2,(H2,20,21,22). The number of carbonyl (C=O) groups is 1. The van der Waals surface area contributed by atoms with Gasteiger partial charge in [-0.1, -0.05) is 18.2 Å². The molecule has 3 N–H and O–H groups in total. The van der Waals surface area contributed by atoms with Crippen molar-refractivity contribution in [3.63, 3.8) is 0 Å². The van der Waals surface area contributed by atoms with Gasteiger partial charge in [0.1, 0.15) is 11.4 Å². The van der Waals surface area contributed by atoms with Gasteiger partial charge in [0.05, 0.1) is 6.54 Å². The zero-order valence-electron chi connectivity index (χ0n) is 13.2. The number of urea groups is 1. The summed E-state index contributed by atoms with van der Waals surface area (Å²) in [5, 5.41) is 22.2. The van der Waals surface area contributed by atoms with Gasteiger partial charge in [-0.3, -0.25) is 0 Å². The summed E-state index contributed by atoms with van der Waals surface area (Å²) in [4.78, 5) is 12.8. The van der Waals surface area contributed by atoms with Gasteiger partial charge < -0.3 is 15.7 Å². The van der Waals surface area contributed by atoms with Crippen LogP contribution in [0.3, 0.4) is 0 Å². The number of thiophene rings is 2. The Morgan fingerprint density at radius 3 is 2.56 bits per heavy atom. The summed E-state index contributed by atoms with van der Waals surface area (Å²) in [5.41, 5.74) is 0.281. The summed E-state index contributed by atoms with van der Waals surface area (Å²) in [6.45, 7) is 0.335. The summed E-state index contributed by atoms with van der Waals surface area (Å²) in [5.74, 6) is -0.315. The fourth-order valence-electron chi connectivity index (χ4n) is 2.40. The minimum Gasteiger partial charge on any atom is -0.378 e. The Morgan fingerprint density at radius 1 is 1.12 bits per heavy atom. The molecule has 0 aliphatic rings. The highest BCUT2D eigenvalue weighted by atomic mass is 32.1. The van der Waals surface area contributed by atoms with E-state index in [0.717, 1.165) is 16.0 Å². The molecular weight excluding hydrogens is 359 g/mol. The molecule has 2 aromatic heterocycles. The Kier molecular flexibility index (Phi) is 5.47. The smallest absolute Gasteiger partial charge is 0.315 e. The molecule has 0 fully saturated rings. The van der Waals surface area contributed by atoms with E-state index in [2.05, 4.69) is 10.6 Å². The highest BCUT2D eigenvalue weighted by Gasteiger charge is 2.33. The minimum absolute atomic E-state index is 0.0551. The van der Waals surface area contributed by atoms with Crippen LogP contribution in [0, 0.1) is 5.82 Å². The number of amides is 2. The summed E-state index contributed by atoms with van der Waals surface area (Å²) in [7, 11) is 0. The lowest BCUT2D eigenvalue weighted by Gasteiger charge is -2.27. The molecule has 2 heterocycles. The van der Waals surface area contributed by atoms with Gasteiger partial charge in [0, 0.05) is 17.0 Å². The normalized spacial score (nSPS) is 13.2. The molecule has 0 saturated carbocycles. The number of carbonyl (C=O) groups excluding carboxylic acids is 1. The van der Waals surface area contributed by atoms with Crippen LogP contribution in [0.5, 0.6) is 0 Å². The molecule has 1 aromatic carbocycles. The highest BCUT2D eigenvalue weighted by Crippen LogP contribution is 2.33. The Hall–Kier alpha value is -2.22. The number of rotatable bonds is 6. The van der Waals surface area contributed by atoms with E-state index in [9.17, 15) is 14.3 Å². The first-order valence-corrected chi connectivity index (χ1v) is 9.45. The maximum atomic E-state index is 12.9. The van der Waals surface area contributed by atoms with Crippen LogP contribution in [0.2, 0.25) is 0 Å². The van der Waals surface area contributed by atoms with E-state index < -0.39 is 11.6 Å². The molecule has 1 unspecified atom stereocenters. The lowest BCUT2D eigenvalue weighted by Crippen LogP contribution is -2.44. The number of halogens is 1. The third-order valence-corrected chi connectivity index (χ3v) is 5.50. The first kappa shape index (κ1) is 17.6. The number of aliphatic hydroxyl groups is 1. The second-order valence-corrected chi connectivity index (χ2v) is 7.24. The van der Waals surface area contributed by atoms with Crippen LogP contribution >= 0.6 is 22.7 Å². The van der Waals surface area contributed by atoms with Gasteiger partial charge in [0.2, 0.25) is 0 Å². The summed E-state index contributed by atoms with van der Waals surface area (Å²) < 4.78 is 12.9. The lowest BCUT2D eigenvalue weighted by atomic mass is 9.94. The third kappa shape index (κ3) is 4.25. The van der Waals surface area contributed by atoms with E-state index in [1.165, 1.54) is 34.8 Å². The molecule has 0 bridgehead atoms. The predicted octanol–water partition coefficient (Wildman–Crippen LogP) is 3.68. The molecule has 0 aliphatic heterocycles. The Bertz CT molecular complexity index is 768. The Balaban J connectivity index is 1.61. The first-order chi connectivity index (χ1) is 12.1. The zero-order chi connectivity index (χ0) is 17.7. The second-order valence-electron chi connectivity index (χ2n) is 5.51. The lowest BCUT2D eigenvalue weighted by molar-refractivity contribution is 0.0863. The van der Waals surface area contributed by atoms with Gasteiger partial charge >= 0.3 is 6.03 Å². The van der Waals surface area contributed by atoms with Crippen LogP contribution in [-0.2, 0) is 12.1 Å². The van der Waals surface area contributed by atoms with E-state index in [1.807, 2.05) is 34.3 Å². The van der Waals surface area contributed by atoms with E-state index in [0.29, 0.717) is 0 Å². The van der Waals surface area contributed by atoms with Crippen LogP contribution in [-0.4, -0.2) is 17.7 Å². The summed E-state index contributed by atoms with van der Waals surface area (Å²) in [6, 6.07) is 11.1. The zero-order valence-corrected chi connectivity index (χ0v) is 14.9. The maximum Gasteiger partial charge on any atom is 0.315 e. The quantitative estimate of drug-likeness (QED) is 0.615. The van der Waals surface area contributed by atoms with Gasteiger partial charge in [0.25, 0.3) is 0 Å². The number of nitrogens with one attached hydrogen (secondary N) is 2. The number of benzene rings is 1. The molecule has 3 aromatic rings. The fourth-order valence-corrected chi connectivity index (χ4v) is 3.97. The van der Waals surface area contributed by atoms with Gasteiger partial charge in [-0.2, -0.15) is 11.3 Å². The SMILES string of the molecule is O=C(NCc1ccc(F)cc1)NCC(O)(c1ccsc1)c1cccs1. The molecule has 7 heteroatoms. The number of hydrogen-bond acceptors (Lipinski definition) is 4. The maximum absolute atomic E-state index is 12.9. The highest BCUT2D eigenvalue weighted by molar-refractivity contribution is 7.10. The van der Waals surface area contributed by atoms with E-state index in [4.69, 9.17) is 0 Å². The Morgan fingerprint density at radius 2 is 1.92 bits per heavy atom. The van der Waals surface area contributed by atoms with Crippen LogP contribution in [0.25, 0.3) is 0 Å². The minimum atomic E-state index is -1.26. The van der Waals surface area contributed by atoms with Gasteiger partial charge in [-0.15, -0.1) is 11.3 Å². The molecule has 0 radical (unpaired) electrons. The van der Waals surface area contributed by atoms with Crippen molar-refractivity contribution in [1.29, 1.82) is 0 Å². The molecule has 25 heavy (non-hydrogen) atoms. The summed E-state index contributed by atoms with van der Waals surface area (Å²) in [6.07, 6.45) is 0. The second kappa shape index (κ2) is 7.77. The van der Waals surface area contributed by atoms with Gasteiger partial charge in [0.15, 0.2) is 0 Å². The van der Waals surface area contributed by atoms with Crippen LogP contribution < -0.4 is 10.6 Å². The van der Waals surface area contributed by atoms with Crippen LogP contribution in [0.1, 0.15) is 16.0 Å². The van der Waals surface area contributed by atoms with Crippen molar-refractivity contribution >= 4 is 28.7 Å². The first-order valence-electron chi connectivity index (χ1n) is 7.63.